The lowest BCUT2D eigenvalue weighted by atomic mass is 9.90. The zero-order valence-electron chi connectivity index (χ0n) is 22.2. The molecule has 0 aliphatic carbocycles. The number of nitrogens with two attached hydrogens (primary N) is 4. The number of carbonyl (C=O) groups excluding carboxylic acids is 1. The van der Waals surface area contributed by atoms with Gasteiger partial charge in [0.15, 0.2) is 5.67 Å². The highest BCUT2D eigenvalue weighted by Crippen LogP contribution is 2.31. The first-order valence-corrected chi connectivity index (χ1v) is 13.2. The molecule has 214 valence electrons. The minimum absolute atomic E-state index is 0.0222. The Hall–Kier alpha value is -3.44. The number of benzene rings is 1. The van der Waals surface area contributed by atoms with Gasteiger partial charge in [-0.05, 0) is 73.1 Å². The minimum atomic E-state index is -1.92. The molecule has 2 fully saturated rings. The highest BCUT2D eigenvalue weighted by atomic mass is 19.1. The Labute approximate surface area is 228 Å². The van der Waals surface area contributed by atoms with E-state index in [1.807, 2.05) is 9.80 Å². The summed E-state index contributed by atoms with van der Waals surface area (Å²) in [5, 5.41) is 0. The quantitative estimate of drug-likeness (QED) is 0.330. The Bertz CT molecular complexity index is 1070. The number of rotatable bonds is 10. The fourth-order valence-corrected chi connectivity index (χ4v) is 5.26. The van der Waals surface area contributed by atoms with Gasteiger partial charge in [0.25, 0.3) is 5.91 Å². The fraction of sp³-hybridized carbons (Fsp3) is 0.464. The SMILES string of the molecule is N/C=C\C(=C/N)CN1CCC(F)(C(=O)N2CCC(N(CC(/C=C\N)=C/N)Cc3c(F)cccc3F)CC2)CC1. The van der Waals surface area contributed by atoms with Crippen molar-refractivity contribution in [3.63, 3.8) is 0 Å². The van der Waals surface area contributed by atoms with E-state index in [1.54, 1.807) is 17.1 Å². The molecule has 39 heavy (non-hydrogen) atoms. The molecule has 0 aromatic heterocycles. The monoisotopic (exact) mass is 547 g/mol. The second-order valence-corrected chi connectivity index (χ2v) is 10.1. The van der Waals surface area contributed by atoms with E-state index in [1.165, 1.54) is 43.0 Å². The maximum atomic E-state index is 15.8. The highest BCUT2D eigenvalue weighted by Gasteiger charge is 2.45. The van der Waals surface area contributed by atoms with Crippen LogP contribution in [0.2, 0.25) is 0 Å². The summed E-state index contributed by atoms with van der Waals surface area (Å²) in [6, 6.07) is 3.69. The Morgan fingerprint density at radius 2 is 1.51 bits per heavy atom. The summed E-state index contributed by atoms with van der Waals surface area (Å²) in [5.41, 5.74) is 21.9. The smallest absolute Gasteiger partial charge is 0.260 e. The Morgan fingerprint density at radius 3 is 2.05 bits per heavy atom. The molecule has 11 heteroatoms. The van der Waals surface area contributed by atoms with Crippen LogP contribution in [0.25, 0.3) is 0 Å². The summed E-state index contributed by atoms with van der Waals surface area (Å²) in [6.45, 7) is 2.44. The van der Waals surface area contributed by atoms with E-state index in [-0.39, 0.29) is 31.0 Å². The molecule has 0 atom stereocenters. The van der Waals surface area contributed by atoms with Crippen molar-refractivity contribution in [1.82, 2.24) is 14.7 Å². The average Bonchev–Trinajstić information content (AvgIpc) is 2.94. The number of piperidine rings is 2. The predicted octanol–water partition coefficient (Wildman–Crippen LogP) is 2.19. The number of nitrogens with zero attached hydrogens (tertiary/aromatic N) is 3. The van der Waals surface area contributed by atoms with Gasteiger partial charge in [-0.2, -0.15) is 0 Å². The molecule has 2 heterocycles. The van der Waals surface area contributed by atoms with Gasteiger partial charge in [0.05, 0.1) is 0 Å². The minimum Gasteiger partial charge on any atom is -0.405 e. The molecule has 0 bridgehead atoms. The lowest BCUT2D eigenvalue weighted by Gasteiger charge is -2.42. The Morgan fingerprint density at radius 1 is 0.949 bits per heavy atom. The van der Waals surface area contributed by atoms with E-state index in [4.69, 9.17) is 22.9 Å². The lowest BCUT2D eigenvalue weighted by Crippen LogP contribution is -2.55. The molecule has 1 aromatic rings. The van der Waals surface area contributed by atoms with Crippen molar-refractivity contribution in [2.24, 2.45) is 22.9 Å². The number of hydrogen-bond acceptors (Lipinski definition) is 7. The highest BCUT2D eigenvalue weighted by molar-refractivity contribution is 5.85. The standard InChI is InChI=1S/C28H40F3N7O/c29-25-2-1-3-26(30)24(25)20-38(19-22(17-35)5-11-33)23-6-12-37(13-7-23)27(39)28(31)8-14-36(15-9-28)18-21(16-34)4-10-32/h1-5,10-11,16-17,23H,6-9,12-15,18-20,32-35H2/b10-4-,11-5-,21-16+,22-17+. The molecule has 0 unspecified atom stereocenters. The molecule has 1 aromatic carbocycles. The predicted molar refractivity (Wildman–Crippen MR) is 147 cm³/mol. The number of carbonyl (C=O) groups is 1. The van der Waals surface area contributed by atoms with Crippen LogP contribution in [0.1, 0.15) is 31.2 Å². The van der Waals surface area contributed by atoms with E-state index in [2.05, 4.69) is 0 Å². The van der Waals surface area contributed by atoms with E-state index in [0.29, 0.717) is 57.7 Å². The molecule has 2 saturated heterocycles. The van der Waals surface area contributed by atoms with Crippen molar-refractivity contribution < 1.29 is 18.0 Å². The second kappa shape index (κ2) is 14.1. The third-order valence-corrected chi connectivity index (χ3v) is 7.56. The van der Waals surface area contributed by atoms with Crippen LogP contribution in [0.3, 0.4) is 0 Å². The molecule has 0 saturated carbocycles. The normalized spacial score (nSPS) is 19.9. The number of amides is 1. The number of likely N-dealkylation sites (tertiary alicyclic amines) is 2. The van der Waals surface area contributed by atoms with E-state index in [9.17, 15) is 13.6 Å². The largest absolute Gasteiger partial charge is 0.405 e. The molecular weight excluding hydrogens is 507 g/mol. The summed E-state index contributed by atoms with van der Waals surface area (Å²) in [6.07, 6.45) is 10.3. The van der Waals surface area contributed by atoms with Gasteiger partial charge in [0, 0.05) is 70.3 Å². The molecule has 0 spiro atoms. The van der Waals surface area contributed by atoms with Crippen LogP contribution in [0.5, 0.6) is 0 Å². The third kappa shape index (κ3) is 7.79. The summed E-state index contributed by atoms with van der Waals surface area (Å²) < 4.78 is 44.7. The van der Waals surface area contributed by atoms with Crippen molar-refractivity contribution in [2.75, 3.05) is 39.3 Å². The van der Waals surface area contributed by atoms with Gasteiger partial charge in [0.1, 0.15) is 11.6 Å². The maximum Gasteiger partial charge on any atom is 0.260 e. The van der Waals surface area contributed by atoms with Crippen LogP contribution in [0.15, 0.2) is 66.3 Å². The van der Waals surface area contributed by atoms with Crippen LogP contribution in [0.4, 0.5) is 13.2 Å². The van der Waals surface area contributed by atoms with Gasteiger partial charge in [-0.1, -0.05) is 6.07 Å². The fourth-order valence-electron chi connectivity index (χ4n) is 5.26. The molecular formula is C28H40F3N7O. The first kappa shape index (κ1) is 30.1. The van der Waals surface area contributed by atoms with E-state index >= 15 is 4.39 Å². The topological polar surface area (TPSA) is 131 Å². The van der Waals surface area contributed by atoms with Crippen molar-refractivity contribution in [1.29, 1.82) is 0 Å². The zero-order valence-corrected chi connectivity index (χ0v) is 22.2. The molecule has 8 nitrogen and oxygen atoms in total. The van der Waals surface area contributed by atoms with Gasteiger partial charge in [0.2, 0.25) is 0 Å². The molecule has 0 radical (unpaired) electrons. The van der Waals surface area contributed by atoms with Crippen LogP contribution in [-0.2, 0) is 11.3 Å². The van der Waals surface area contributed by atoms with Gasteiger partial charge in [-0.3, -0.25) is 14.6 Å². The van der Waals surface area contributed by atoms with Gasteiger partial charge in [-0.15, -0.1) is 0 Å². The van der Waals surface area contributed by atoms with Gasteiger partial charge in [-0.25, -0.2) is 13.2 Å². The summed E-state index contributed by atoms with van der Waals surface area (Å²) in [4.78, 5) is 18.8. The maximum absolute atomic E-state index is 15.8. The first-order chi connectivity index (χ1) is 18.7. The van der Waals surface area contributed by atoms with Crippen LogP contribution in [0, 0.1) is 11.6 Å². The summed E-state index contributed by atoms with van der Waals surface area (Å²) in [5.74, 6) is -1.74. The first-order valence-electron chi connectivity index (χ1n) is 13.2. The van der Waals surface area contributed by atoms with Crippen molar-refractivity contribution in [2.45, 2.75) is 43.9 Å². The molecule has 2 aliphatic heterocycles. The van der Waals surface area contributed by atoms with Gasteiger partial charge < -0.3 is 27.8 Å². The van der Waals surface area contributed by atoms with Crippen LogP contribution in [-0.4, -0.2) is 71.6 Å². The van der Waals surface area contributed by atoms with Crippen LogP contribution >= 0.6 is 0 Å². The molecule has 3 rings (SSSR count). The third-order valence-electron chi connectivity index (χ3n) is 7.56. The summed E-state index contributed by atoms with van der Waals surface area (Å²) in [7, 11) is 0. The molecule has 2 aliphatic rings. The van der Waals surface area contributed by atoms with E-state index in [0.717, 1.165) is 5.57 Å². The average molecular weight is 548 g/mol. The van der Waals surface area contributed by atoms with Crippen molar-refractivity contribution in [3.05, 3.63) is 83.5 Å². The number of hydrogen-bond donors (Lipinski definition) is 4. The van der Waals surface area contributed by atoms with Crippen LogP contribution < -0.4 is 22.9 Å². The van der Waals surface area contributed by atoms with Crippen molar-refractivity contribution in [3.8, 4) is 0 Å². The zero-order chi connectivity index (χ0) is 28.4. The number of halogens is 3. The Balaban J connectivity index is 1.64. The summed E-state index contributed by atoms with van der Waals surface area (Å²) >= 11 is 0. The second-order valence-electron chi connectivity index (χ2n) is 10.1. The van der Waals surface area contributed by atoms with E-state index < -0.39 is 23.2 Å². The lowest BCUT2D eigenvalue weighted by molar-refractivity contribution is -0.149. The van der Waals surface area contributed by atoms with Crippen molar-refractivity contribution >= 4 is 5.91 Å². The number of alkyl halides is 1. The molecule has 8 N–H and O–H groups in total. The molecule has 1 amide bonds. The Kier molecular flexibility index (Phi) is 10.9. The van der Waals surface area contributed by atoms with Gasteiger partial charge >= 0.3 is 0 Å².